The smallest absolute Gasteiger partial charge is 0.416 e. The number of fused-ring (bicyclic) bond motifs is 2. The van der Waals surface area contributed by atoms with Gasteiger partial charge in [-0.1, -0.05) is 30.3 Å². The first kappa shape index (κ1) is 23.8. The first-order chi connectivity index (χ1) is 17.1. The number of aromatic carboxylic acids is 1. The number of halogens is 3. The van der Waals surface area contributed by atoms with Crippen molar-refractivity contribution in [2.75, 3.05) is 11.4 Å². The van der Waals surface area contributed by atoms with Gasteiger partial charge in [-0.15, -0.1) is 0 Å². The molecular formula is C27H24F3N3O3. The zero-order valence-corrected chi connectivity index (χ0v) is 19.5. The molecule has 0 radical (unpaired) electrons. The standard InChI is InChI=1S/C27H24F3N3O3/c1-16(18-7-10-22(25(35)36)31-13-18)32-24(34)20-3-2-4-21-23(20)33(15-26(21)11-12-26)14-17-5-8-19(9-6-17)27(28,29)30/h2-10,13,16H,11-12,14-15H2,1H3,(H,32,34)(H,35,36). The first-order valence-electron chi connectivity index (χ1n) is 11.6. The molecule has 1 amide bonds. The minimum Gasteiger partial charge on any atom is -0.477 e. The van der Waals surface area contributed by atoms with E-state index in [9.17, 15) is 22.8 Å². The van der Waals surface area contributed by atoms with Gasteiger partial charge in [-0.05, 0) is 60.7 Å². The molecule has 1 unspecified atom stereocenters. The molecule has 1 aliphatic heterocycles. The number of amides is 1. The Morgan fingerprint density at radius 2 is 1.83 bits per heavy atom. The highest BCUT2D eigenvalue weighted by Crippen LogP contribution is 2.57. The van der Waals surface area contributed by atoms with Crippen LogP contribution >= 0.6 is 0 Å². The normalized spacial score (nSPS) is 16.5. The van der Waals surface area contributed by atoms with Gasteiger partial charge < -0.3 is 15.3 Å². The fraction of sp³-hybridized carbons (Fsp3) is 0.296. The van der Waals surface area contributed by atoms with E-state index < -0.39 is 23.8 Å². The lowest BCUT2D eigenvalue weighted by molar-refractivity contribution is -0.137. The molecule has 1 spiro atoms. The average molecular weight is 496 g/mol. The zero-order valence-electron chi connectivity index (χ0n) is 19.5. The van der Waals surface area contributed by atoms with Crippen LogP contribution in [0.4, 0.5) is 18.9 Å². The Kier molecular flexibility index (Phi) is 5.73. The summed E-state index contributed by atoms with van der Waals surface area (Å²) in [4.78, 5) is 30.4. The molecule has 2 aliphatic rings. The Morgan fingerprint density at radius 1 is 1.11 bits per heavy atom. The molecule has 1 atom stereocenters. The van der Waals surface area contributed by atoms with E-state index in [0.29, 0.717) is 24.2 Å². The van der Waals surface area contributed by atoms with Gasteiger partial charge in [-0.2, -0.15) is 13.2 Å². The van der Waals surface area contributed by atoms with E-state index in [1.54, 1.807) is 19.1 Å². The number of anilines is 1. The largest absolute Gasteiger partial charge is 0.477 e. The fourth-order valence-corrected chi connectivity index (χ4v) is 4.90. The molecule has 0 saturated heterocycles. The summed E-state index contributed by atoms with van der Waals surface area (Å²) in [5.74, 6) is -1.41. The summed E-state index contributed by atoms with van der Waals surface area (Å²) in [6.07, 6.45) is -0.943. The lowest BCUT2D eigenvalue weighted by atomic mass is 9.96. The van der Waals surface area contributed by atoms with Gasteiger partial charge in [-0.25, -0.2) is 9.78 Å². The molecule has 1 saturated carbocycles. The summed E-state index contributed by atoms with van der Waals surface area (Å²) in [5, 5.41) is 12.0. The van der Waals surface area contributed by atoms with E-state index in [1.165, 1.54) is 24.4 Å². The average Bonchev–Trinajstić information content (AvgIpc) is 3.56. The summed E-state index contributed by atoms with van der Waals surface area (Å²) in [7, 11) is 0. The van der Waals surface area contributed by atoms with E-state index in [-0.39, 0.29) is 17.0 Å². The highest BCUT2D eigenvalue weighted by atomic mass is 19.4. The summed E-state index contributed by atoms with van der Waals surface area (Å²) in [5.41, 5.74) is 3.05. The maximum absolute atomic E-state index is 13.4. The number of nitrogens with one attached hydrogen (secondary N) is 1. The van der Waals surface area contributed by atoms with Crippen molar-refractivity contribution in [3.63, 3.8) is 0 Å². The number of carboxylic acids is 1. The first-order valence-corrected chi connectivity index (χ1v) is 11.6. The Morgan fingerprint density at radius 3 is 2.42 bits per heavy atom. The van der Waals surface area contributed by atoms with Crippen LogP contribution in [0.3, 0.4) is 0 Å². The minimum atomic E-state index is -4.39. The number of aromatic nitrogens is 1. The molecule has 2 N–H and O–H groups in total. The van der Waals surface area contributed by atoms with Crippen molar-refractivity contribution in [1.82, 2.24) is 10.3 Å². The summed E-state index contributed by atoms with van der Waals surface area (Å²) >= 11 is 0. The number of hydrogen-bond acceptors (Lipinski definition) is 4. The molecule has 1 aromatic heterocycles. The van der Waals surface area contributed by atoms with Gasteiger partial charge in [0, 0.05) is 24.7 Å². The molecule has 9 heteroatoms. The third kappa shape index (κ3) is 4.41. The Bertz CT molecular complexity index is 1320. The fourth-order valence-electron chi connectivity index (χ4n) is 4.90. The van der Waals surface area contributed by atoms with Crippen LogP contribution in [-0.2, 0) is 18.1 Å². The van der Waals surface area contributed by atoms with Gasteiger partial charge in [0.15, 0.2) is 0 Å². The van der Waals surface area contributed by atoms with Crippen molar-refractivity contribution < 1.29 is 27.9 Å². The molecule has 5 rings (SSSR count). The van der Waals surface area contributed by atoms with Gasteiger partial charge >= 0.3 is 12.1 Å². The van der Waals surface area contributed by atoms with Gasteiger partial charge in [-0.3, -0.25) is 4.79 Å². The highest BCUT2D eigenvalue weighted by molar-refractivity contribution is 6.01. The number of pyridine rings is 1. The van der Waals surface area contributed by atoms with E-state index in [1.807, 2.05) is 12.1 Å². The predicted octanol–water partition coefficient (Wildman–Crippen LogP) is 5.34. The number of nitrogens with zero attached hydrogens (tertiary/aromatic N) is 2. The molecule has 1 aliphatic carbocycles. The predicted molar refractivity (Wildman–Crippen MR) is 127 cm³/mol. The molecule has 1 fully saturated rings. The van der Waals surface area contributed by atoms with Crippen molar-refractivity contribution in [3.8, 4) is 0 Å². The number of carbonyl (C=O) groups excluding carboxylic acids is 1. The van der Waals surface area contributed by atoms with Crippen molar-refractivity contribution in [1.29, 1.82) is 0 Å². The topological polar surface area (TPSA) is 82.5 Å². The van der Waals surface area contributed by atoms with Gasteiger partial charge in [0.05, 0.1) is 22.9 Å². The maximum Gasteiger partial charge on any atom is 0.416 e. The van der Waals surface area contributed by atoms with Gasteiger partial charge in [0.2, 0.25) is 0 Å². The molecular weight excluding hydrogens is 471 g/mol. The van der Waals surface area contributed by atoms with E-state index >= 15 is 0 Å². The lowest BCUT2D eigenvalue weighted by Crippen LogP contribution is -2.29. The lowest BCUT2D eigenvalue weighted by Gasteiger charge is -2.23. The van der Waals surface area contributed by atoms with E-state index in [0.717, 1.165) is 41.8 Å². The van der Waals surface area contributed by atoms with Gasteiger partial charge in [0.25, 0.3) is 5.91 Å². The summed E-state index contributed by atoms with van der Waals surface area (Å²) in [6.45, 7) is 2.90. The molecule has 2 aromatic carbocycles. The second-order valence-electron chi connectivity index (χ2n) is 9.51. The molecule has 2 heterocycles. The Balaban J connectivity index is 1.39. The number of carbonyl (C=O) groups is 2. The summed E-state index contributed by atoms with van der Waals surface area (Å²) < 4.78 is 38.9. The number of carboxylic acid groups (broad SMARTS) is 1. The third-order valence-corrected chi connectivity index (χ3v) is 7.02. The quantitative estimate of drug-likeness (QED) is 0.482. The second-order valence-corrected chi connectivity index (χ2v) is 9.51. The number of para-hydroxylation sites is 1. The Hall–Kier alpha value is -3.88. The number of rotatable bonds is 6. The Labute approximate surface area is 205 Å². The third-order valence-electron chi connectivity index (χ3n) is 7.02. The van der Waals surface area contributed by atoms with Crippen molar-refractivity contribution in [3.05, 3.63) is 94.3 Å². The molecule has 36 heavy (non-hydrogen) atoms. The molecule has 6 nitrogen and oxygen atoms in total. The van der Waals surface area contributed by atoms with E-state index in [4.69, 9.17) is 5.11 Å². The zero-order chi connectivity index (χ0) is 25.7. The highest BCUT2D eigenvalue weighted by Gasteiger charge is 2.52. The molecule has 0 bridgehead atoms. The van der Waals surface area contributed by atoms with Crippen LogP contribution in [0.25, 0.3) is 0 Å². The van der Waals surface area contributed by atoms with Crippen molar-refractivity contribution in [2.24, 2.45) is 0 Å². The minimum absolute atomic E-state index is 0.0142. The molecule has 186 valence electrons. The van der Waals surface area contributed by atoms with Crippen LogP contribution in [0, 0.1) is 0 Å². The summed E-state index contributed by atoms with van der Waals surface area (Å²) in [6, 6.07) is 13.4. The number of hydrogen-bond donors (Lipinski definition) is 2. The van der Waals surface area contributed by atoms with Crippen LogP contribution in [0.5, 0.6) is 0 Å². The SMILES string of the molecule is CC(NC(=O)c1cccc2c1N(Cc1ccc(C(F)(F)F)cc1)CC21CC1)c1ccc(C(=O)O)nc1. The van der Waals surface area contributed by atoms with Crippen LogP contribution in [0.1, 0.15) is 68.9 Å². The van der Waals surface area contributed by atoms with Crippen molar-refractivity contribution >= 4 is 17.6 Å². The number of benzene rings is 2. The van der Waals surface area contributed by atoms with Crippen LogP contribution in [0.2, 0.25) is 0 Å². The van der Waals surface area contributed by atoms with Gasteiger partial charge in [0.1, 0.15) is 5.69 Å². The van der Waals surface area contributed by atoms with Crippen LogP contribution in [-0.4, -0.2) is 28.5 Å². The monoisotopic (exact) mass is 495 g/mol. The second kappa shape index (κ2) is 8.65. The molecule has 3 aromatic rings. The van der Waals surface area contributed by atoms with E-state index in [2.05, 4.69) is 15.2 Å². The number of alkyl halides is 3. The van der Waals surface area contributed by atoms with Crippen LogP contribution in [0.15, 0.2) is 60.8 Å². The maximum atomic E-state index is 13.4. The van der Waals surface area contributed by atoms with Crippen LogP contribution < -0.4 is 10.2 Å². The van der Waals surface area contributed by atoms with Crippen molar-refractivity contribution in [2.45, 2.75) is 43.9 Å².